The average molecular weight is 277 g/mol. The van der Waals surface area contributed by atoms with Crippen molar-refractivity contribution in [2.45, 2.75) is 38.8 Å². The zero-order valence-electron chi connectivity index (χ0n) is 11.7. The molecule has 1 aliphatic rings. The Morgan fingerprint density at radius 1 is 1.40 bits per heavy atom. The zero-order valence-corrected chi connectivity index (χ0v) is 11.7. The Hall–Kier alpha value is -1.88. The molecule has 2 atom stereocenters. The van der Waals surface area contributed by atoms with E-state index in [2.05, 4.69) is 5.32 Å². The number of carbonyl (C=O) groups is 2. The number of carboxylic acid groups (broad SMARTS) is 1. The van der Waals surface area contributed by atoms with E-state index in [-0.39, 0.29) is 5.91 Å². The van der Waals surface area contributed by atoms with Crippen molar-refractivity contribution in [1.29, 1.82) is 0 Å². The second kappa shape index (κ2) is 6.05. The predicted molar refractivity (Wildman–Crippen MR) is 73.4 cm³/mol. The lowest BCUT2D eigenvalue weighted by molar-refractivity contribution is -0.143. The van der Waals surface area contributed by atoms with Crippen molar-refractivity contribution in [3.8, 4) is 0 Å². The number of ether oxygens (including phenoxy) is 1. The number of carbonyl (C=O) groups excluding carboxylic acids is 1. The lowest BCUT2D eigenvalue weighted by Crippen LogP contribution is -2.40. The van der Waals surface area contributed by atoms with Gasteiger partial charge in [-0.1, -0.05) is 18.2 Å². The first-order chi connectivity index (χ1) is 9.50. The van der Waals surface area contributed by atoms with Gasteiger partial charge in [0.15, 0.2) is 6.04 Å². The maximum Gasteiger partial charge on any atom is 0.330 e. The Labute approximate surface area is 117 Å². The summed E-state index contributed by atoms with van der Waals surface area (Å²) in [5.41, 5.74) is 2.50. The molecular formula is C15H19NO4. The highest BCUT2D eigenvalue weighted by Gasteiger charge is 2.29. The molecule has 2 N–H and O–H groups in total. The summed E-state index contributed by atoms with van der Waals surface area (Å²) >= 11 is 0. The second-order valence-electron chi connectivity index (χ2n) is 5.07. The third-order valence-electron chi connectivity index (χ3n) is 3.71. The zero-order chi connectivity index (χ0) is 14.7. The lowest BCUT2D eigenvalue weighted by Gasteiger charge is -2.20. The third-order valence-corrected chi connectivity index (χ3v) is 3.71. The molecule has 2 rings (SSSR count). The highest BCUT2D eigenvalue weighted by molar-refractivity contribution is 5.87. The largest absolute Gasteiger partial charge is 0.479 e. The molecule has 1 aromatic carbocycles. The maximum atomic E-state index is 12.0. The Balaban J connectivity index is 2.21. The van der Waals surface area contributed by atoms with Gasteiger partial charge in [-0.15, -0.1) is 0 Å². The second-order valence-corrected chi connectivity index (χ2v) is 5.07. The van der Waals surface area contributed by atoms with E-state index in [0.717, 1.165) is 17.5 Å². The molecule has 1 saturated heterocycles. The van der Waals surface area contributed by atoms with E-state index in [9.17, 15) is 14.7 Å². The van der Waals surface area contributed by atoms with Gasteiger partial charge >= 0.3 is 5.97 Å². The number of aliphatic carboxylic acids is 1. The van der Waals surface area contributed by atoms with Gasteiger partial charge in [0.2, 0.25) is 5.91 Å². The minimum atomic E-state index is -1.06. The molecule has 5 nitrogen and oxygen atoms in total. The Bertz CT molecular complexity index is 521. The first kappa shape index (κ1) is 14.5. The quantitative estimate of drug-likeness (QED) is 0.878. The fourth-order valence-electron chi connectivity index (χ4n) is 2.38. The first-order valence-electron chi connectivity index (χ1n) is 6.71. The summed E-state index contributed by atoms with van der Waals surface area (Å²) in [6, 6.07) is 4.41. The highest BCUT2D eigenvalue weighted by atomic mass is 16.5. The van der Waals surface area contributed by atoms with E-state index in [1.165, 1.54) is 0 Å². The van der Waals surface area contributed by atoms with Crippen molar-refractivity contribution >= 4 is 11.9 Å². The van der Waals surface area contributed by atoms with Crippen LogP contribution in [-0.2, 0) is 14.3 Å². The minimum Gasteiger partial charge on any atom is -0.479 e. The van der Waals surface area contributed by atoms with Gasteiger partial charge in [-0.3, -0.25) is 4.79 Å². The molecule has 0 aliphatic carbocycles. The van der Waals surface area contributed by atoms with Crippen LogP contribution < -0.4 is 5.32 Å². The molecule has 5 heteroatoms. The summed E-state index contributed by atoms with van der Waals surface area (Å²) in [6.07, 6.45) is 0.950. The summed E-state index contributed by atoms with van der Waals surface area (Å²) < 4.78 is 5.28. The van der Waals surface area contributed by atoms with E-state index in [0.29, 0.717) is 18.6 Å². The fraction of sp³-hybridized carbons (Fsp3) is 0.467. The SMILES string of the molecule is Cc1cccc(C(NC(=O)[C@@H]2CCCO2)C(=O)O)c1C. The first-order valence-corrected chi connectivity index (χ1v) is 6.71. The summed E-state index contributed by atoms with van der Waals surface area (Å²) in [5.74, 6) is -1.42. The summed E-state index contributed by atoms with van der Waals surface area (Å²) in [4.78, 5) is 23.5. The normalized spacial score (nSPS) is 19.6. The molecule has 0 aromatic heterocycles. The number of rotatable bonds is 4. The van der Waals surface area contributed by atoms with Crippen molar-refractivity contribution in [1.82, 2.24) is 5.32 Å². The fourth-order valence-corrected chi connectivity index (χ4v) is 2.38. The molecule has 108 valence electrons. The van der Waals surface area contributed by atoms with E-state index < -0.39 is 18.1 Å². The number of aryl methyl sites for hydroxylation is 1. The van der Waals surface area contributed by atoms with Crippen molar-refractivity contribution in [3.63, 3.8) is 0 Å². The van der Waals surface area contributed by atoms with Gasteiger partial charge in [-0.2, -0.15) is 0 Å². The summed E-state index contributed by atoms with van der Waals surface area (Å²) in [5, 5.41) is 12.0. The van der Waals surface area contributed by atoms with Crippen LogP contribution in [-0.4, -0.2) is 29.7 Å². The molecule has 1 fully saturated rings. The third kappa shape index (κ3) is 2.99. The van der Waals surface area contributed by atoms with E-state index in [1.54, 1.807) is 12.1 Å². The lowest BCUT2D eigenvalue weighted by atomic mass is 9.97. The number of hydrogen-bond donors (Lipinski definition) is 2. The van der Waals surface area contributed by atoms with Gasteiger partial charge in [0, 0.05) is 6.61 Å². The van der Waals surface area contributed by atoms with Crippen molar-refractivity contribution in [2.75, 3.05) is 6.61 Å². The van der Waals surface area contributed by atoms with Gasteiger partial charge in [0.05, 0.1) is 0 Å². The van der Waals surface area contributed by atoms with Crippen LogP contribution in [0.1, 0.15) is 35.6 Å². The van der Waals surface area contributed by atoms with Crippen LogP contribution in [0.25, 0.3) is 0 Å². The maximum absolute atomic E-state index is 12.0. The molecule has 1 amide bonds. The molecule has 1 unspecified atom stereocenters. The number of nitrogens with one attached hydrogen (secondary N) is 1. The van der Waals surface area contributed by atoms with Gasteiger partial charge in [-0.25, -0.2) is 4.79 Å². The van der Waals surface area contributed by atoms with E-state index >= 15 is 0 Å². The smallest absolute Gasteiger partial charge is 0.330 e. The summed E-state index contributed by atoms with van der Waals surface area (Å²) in [7, 11) is 0. The van der Waals surface area contributed by atoms with Crippen LogP contribution in [0, 0.1) is 13.8 Å². The molecule has 0 radical (unpaired) electrons. The van der Waals surface area contributed by atoms with Crippen LogP contribution in [0.2, 0.25) is 0 Å². The predicted octanol–water partition coefficient (Wildman–Crippen LogP) is 1.72. The van der Waals surface area contributed by atoms with Gasteiger partial charge in [0.1, 0.15) is 6.10 Å². The van der Waals surface area contributed by atoms with Crippen LogP contribution >= 0.6 is 0 Å². The van der Waals surface area contributed by atoms with Crippen LogP contribution in [0.5, 0.6) is 0 Å². The molecule has 0 spiro atoms. The Kier molecular flexibility index (Phi) is 4.39. The van der Waals surface area contributed by atoms with Gasteiger partial charge in [-0.05, 0) is 43.4 Å². The van der Waals surface area contributed by atoms with Crippen molar-refractivity contribution < 1.29 is 19.4 Å². The minimum absolute atomic E-state index is 0.351. The number of hydrogen-bond acceptors (Lipinski definition) is 3. The molecular weight excluding hydrogens is 258 g/mol. The average Bonchev–Trinajstić information content (AvgIpc) is 2.93. The van der Waals surface area contributed by atoms with Gasteiger partial charge < -0.3 is 15.2 Å². The van der Waals surface area contributed by atoms with E-state index in [4.69, 9.17) is 4.74 Å². The molecule has 1 heterocycles. The van der Waals surface area contributed by atoms with Gasteiger partial charge in [0.25, 0.3) is 0 Å². The number of benzene rings is 1. The molecule has 1 aromatic rings. The number of amides is 1. The van der Waals surface area contributed by atoms with Crippen LogP contribution in [0.3, 0.4) is 0 Å². The van der Waals surface area contributed by atoms with E-state index in [1.807, 2.05) is 19.9 Å². The van der Waals surface area contributed by atoms with Crippen molar-refractivity contribution in [2.24, 2.45) is 0 Å². The van der Waals surface area contributed by atoms with Crippen LogP contribution in [0.15, 0.2) is 18.2 Å². The van der Waals surface area contributed by atoms with Crippen molar-refractivity contribution in [3.05, 3.63) is 34.9 Å². The number of carboxylic acids is 1. The standard InChI is InChI=1S/C15H19NO4/c1-9-5-3-6-11(10(9)2)13(15(18)19)16-14(17)12-7-4-8-20-12/h3,5-6,12-13H,4,7-8H2,1-2H3,(H,16,17)(H,18,19)/t12-,13?/m0/s1. The summed E-state index contributed by atoms with van der Waals surface area (Å²) in [6.45, 7) is 4.33. The Morgan fingerprint density at radius 3 is 2.75 bits per heavy atom. The highest BCUT2D eigenvalue weighted by Crippen LogP contribution is 2.22. The molecule has 0 bridgehead atoms. The Morgan fingerprint density at radius 2 is 2.15 bits per heavy atom. The van der Waals surface area contributed by atoms with Crippen LogP contribution in [0.4, 0.5) is 0 Å². The topological polar surface area (TPSA) is 75.6 Å². The molecule has 20 heavy (non-hydrogen) atoms. The molecule has 0 saturated carbocycles. The monoisotopic (exact) mass is 277 g/mol. The molecule has 1 aliphatic heterocycles.